The van der Waals surface area contributed by atoms with E-state index in [-0.39, 0.29) is 0 Å². The van der Waals surface area contributed by atoms with Crippen LogP contribution in [0, 0.1) is 30.6 Å². The van der Waals surface area contributed by atoms with E-state index in [0.29, 0.717) is 23.7 Å². The summed E-state index contributed by atoms with van der Waals surface area (Å²) in [6, 6.07) is 0. The normalized spacial score (nSPS) is 25.5. The Labute approximate surface area is 140 Å². The van der Waals surface area contributed by atoms with Gasteiger partial charge >= 0.3 is 0 Å². The summed E-state index contributed by atoms with van der Waals surface area (Å²) in [5.74, 6) is 0.804. The van der Waals surface area contributed by atoms with Crippen molar-refractivity contribution in [1.29, 1.82) is 10.8 Å². The van der Waals surface area contributed by atoms with Gasteiger partial charge in [-0.3, -0.25) is 20.7 Å². The molecule has 2 N–H and O–H groups in total. The number of halogens is 1. The Hall–Kier alpha value is -1.20. The smallest absolute Gasteiger partial charge is 0.128 e. The molecule has 2 heterocycles. The molecule has 1 aromatic heterocycles. The number of hydrogen-bond acceptors (Lipinski definition) is 4. The first-order chi connectivity index (χ1) is 10.5. The maximum atomic E-state index is 8.19. The summed E-state index contributed by atoms with van der Waals surface area (Å²) in [6.07, 6.45) is 5.45. The SMILES string of the molecule is Cc1sc2c(c1C)C(C1CCC(Cl)CC1)=NCC(=N)N2C=N. The van der Waals surface area contributed by atoms with Gasteiger partial charge in [0.15, 0.2) is 0 Å². The summed E-state index contributed by atoms with van der Waals surface area (Å²) in [6.45, 7) is 4.59. The second-order valence-electron chi connectivity index (χ2n) is 6.06. The molecule has 0 spiro atoms. The van der Waals surface area contributed by atoms with Crippen LogP contribution in [0.4, 0.5) is 5.00 Å². The van der Waals surface area contributed by atoms with Crippen molar-refractivity contribution in [3.05, 3.63) is 16.0 Å². The van der Waals surface area contributed by atoms with E-state index in [1.54, 1.807) is 16.2 Å². The van der Waals surface area contributed by atoms with Gasteiger partial charge < -0.3 is 0 Å². The van der Waals surface area contributed by atoms with Crippen LogP contribution in [0.15, 0.2) is 4.99 Å². The van der Waals surface area contributed by atoms with Crippen LogP contribution in [-0.4, -0.2) is 29.8 Å². The molecule has 3 rings (SSSR count). The first-order valence-electron chi connectivity index (χ1n) is 7.69. The molecule has 0 saturated heterocycles. The van der Waals surface area contributed by atoms with Gasteiger partial charge in [0.1, 0.15) is 10.8 Å². The van der Waals surface area contributed by atoms with Gasteiger partial charge in [0, 0.05) is 27.4 Å². The molecule has 118 valence electrons. The third kappa shape index (κ3) is 2.61. The summed E-state index contributed by atoms with van der Waals surface area (Å²) in [7, 11) is 0. The Morgan fingerprint density at radius 1 is 1.27 bits per heavy atom. The van der Waals surface area contributed by atoms with Crippen LogP contribution < -0.4 is 4.90 Å². The zero-order valence-electron chi connectivity index (χ0n) is 12.9. The minimum atomic E-state index is 0.295. The number of anilines is 1. The molecule has 1 aromatic rings. The number of fused-ring (bicyclic) bond motifs is 1. The molecule has 0 amide bonds. The monoisotopic (exact) mass is 336 g/mol. The van der Waals surface area contributed by atoms with E-state index in [0.717, 1.165) is 42.0 Å². The van der Waals surface area contributed by atoms with E-state index in [9.17, 15) is 0 Å². The average molecular weight is 337 g/mol. The van der Waals surface area contributed by atoms with E-state index in [1.165, 1.54) is 16.8 Å². The number of nitrogens with zero attached hydrogens (tertiary/aromatic N) is 2. The third-order valence-corrected chi connectivity index (χ3v) is 6.35. The van der Waals surface area contributed by atoms with Crippen molar-refractivity contribution in [2.75, 3.05) is 11.4 Å². The summed E-state index contributed by atoms with van der Waals surface area (Å²) in [4.78, 5) is 7.69. The van der Waals surface area contributed by atoms with Crippen LogP contribution in [0.2, 0.25) is 0 Å². The third-order valence-electron chi connectivity index (χ3n) is 4.70. The lowest BCUT2D eigenvalue weighted by Crippen LogP contribution is -2.29. The van der Waals surface area contributed by atoms with Crippen LogP contribution >= 0.6 is 22.9 Å². The van der Waals surface area contributed by atoms with Crippen LogP contribution in [0.5, 0.6) is 0 Å². The van der Waals surface area contributed by atoms with Crippen LogP contribution in [0.3, 0.4) is 0 Å². The Balaban J connectivity index is 2.07. The number of hydrogen-bond donors (Lipinski definition) is 2. The fourth-order valence-electron chi connectivity index (χ4n) is 3.31. The summed E-state index contributed by atoms with van der Waals surface area (Å²) in [5, 5.41) is 17.1. The molecule has 6 heteroatoms. The molecule has 0 atom stereocenters. The van der Waals surface area contributed by atoms with Gasteiger partial charge in [-0.1, -0.05) is 0 Å². The molecule has 2 aliphatic rings. The molecule has 22 heavy (non-hydrogen) atoms. The molecule has 1 fully saturated rings. The van der Waals surface area contributed by atoms with E-state index >= 15 is 0 Å². The fourth-order valence-corrected chi connectivity index (χ4v) is 4.73. The molecular weight excluding hydrogens is 316 g/mol. The standard InChI is InChI=1S/C16H21ClN4S/c1-9-10(2)22-16-14(9)15(11-3-5-12(17)6-4-11)20-7-13(19)21(16)8-18/h8,11-12,18-19H,3-7H2,1-2H3. The highest BCUT2D eigenvalue weighted by Gasteiger charge is 2.32. The van der Waals surface area contributed by atoms with Crippen molar-refractivity contribution in [1.82, 2.24) is 0 Å². The molecule has 1 aliphatic heterocycles. The molecule has 4 nitrogen and oxygen atoms in total. The molecule has 1 aliphatic carbocycles. The Morgan fingerprint density at radius 2 is 1.95 bits per heavy atom. The zero-order chi connectivity index (χ0) is 15.9. The van der Waals surface area contributed by atoms with Crippen molar-refractivity contribution in [3.8, 4) is 0 Å². The van der Waals surface area contributed by atoms with Gasteiger partial charge in [-0.15, -0.1) is 22.9 Å². The summed E-state index contributed by atoms with van der Waals surface area (Å²) >= 11 is 7.91. The lowest BCUT2D eigenvalue weighted by atomic mass is 9.82. The number of rotatable bonds is 2. The van der Waals surface area contributed by atoms with Crippen molar-refractivity contribution < 1.29 is 0 Å². The highest BCUT2D eigenvalue weighted by molar-refractivity contribution is 7.17. The van der Waals surface area contributed by atoms with Crippen LogP contribution in [-0.2, 0) is 0 Å². The highest BCUT2D eigenvalue weighted by atomic mass is 35.5. The van der Waals surface area contributed by atoms with Gasteiger partial charge in [-0.05, 0) is 45.1 Å². The van der Waals surface area contributed by atoms with E-state index < -0.39 is 0 Å². The number of thiophene rings is 1. The zero-order valence-corrected chi connectivity index (χ0v) is 14.5. The highest BCUT2D eigenvalue weighted by Crippen LogP contribution is 2.41. The first kappa shape index (κ1) is 15.7. The Morgan fingerprint density at radius 3 is 2.59 bits per heavy atom. The number of aliphatic imine (C=N–C) groups is 1. The van der Waals surface area contributed by atoms with Crippen molar-refractivity contribution in [3.63, 3.8) is 0 Å². The van der Waals surface area contributed by atoms with Gasteiger partial charge in [-0.25, -0.2) is 0 Å². The van der Waals surface area contributed by atoms with Gasteiger partial charge in [-0.2, -0.15) is 0 Å². The maximum Gasteiger partial charge on any atom is 0.128 e. The molecular formula is C16H21ClN4S. The second kappa shape index (κ2) is 6.13. The van der Waals surface area contributed by atoms with Crippen molar-refractivity contribution in [2.24, 2.45) is 10.9 Å². The number of alkyl halides is 1. The Kier molecular flexibility index (Phi) is 4.37. The van der Waals surface area contributed by atoms with E-state index in [4.69, 9.17) is 27.4 Å². The van der Waals surface area contributed by atoms with Gasteiger partial charge in [0.25, 0.3) is 0 Å². The summed E-state index contributed by atoms with van der Waals surface area (Å²) in [5.41, 5.74) is 3.54. The second-order valence-corrected chi connectivity index (χ2v) is 7.88. The summed E-state index contributed by atoms with van der Waals surface area (Å²) < 4.78 is 0. The fraction of sp³-hybridized carbons (Fsp3) is 0.562. The molecule has 0 unspecified atom stereocenters. The average Bonchev–Trinajstić information content (AvgIpc) is 2.70. The van der Waals surface area contributed by atoms with Crippen molar-refractivity contribution >= 4 is 45.8 Å². The lowest BCUT2D eigenvalue weighted by Gasteiger charge is -2.26. The van der Waals surface area contributed by atoms with E-state index in [2.05, 4.69) is 13.8 Å². The quantitative estimate of drug-likeness (QED) is 0.470. The number of nitrogens with one attached hydrogen (secondary N) is 2. The molecule has 0 radical (unpaired) electrons. The lowest BCUT2D eigenvalue weighted by molar-refractivity contribution is 0.445. The minimum absolute atomic E-state index is 0.295. The molecule has 0 aromatic carbocycles. The minimum Gasteiger partial charge on any atom is -0.291 e. The van der Waals surface area contributed by atoms with Crippen LogP contribution in [0.25, 0.3) is 0 Å². The maximum absolute atomic E-state index is 8.19. The Bertz CT molecular complexity index is 641. The van der Waals surface area contributed by atoms with Crippen molar-refractivity contribution in [2.45, 2.75) is 44.9 Å². The van der Waals surface area contributed by atoms with Gasteiger partial charge in [0.05, 0.1) is 12.9 Å². The topological polar surface area (TPSA) is 63.3 Å². The van der Waals surface area contributed by atoms with Gasteiger partial charge in [0.2, 0.25) is 0 Å². The number of aryl methyl sites for hydroxylation is 1. The molecule has 0 bridgehead atoms. The molecule has 1 saturated carbocycles. The first-order valence-corrected chi connectivity index (χ1v) is 8.94. The van der Waals surface area contributed by atoms with Crippen LogP contribution in [0.1, 0.15) is 41.7 Å². The largest absolute Gasteiger partial charge is 0.291 e. The predicted octanol–water partition coefficient (Wildman–Crippen LogP) is 4.36. The van der Waals surface area contributed by atoms with E-state index in [1.807, 2.05) is 0 Å². The predicted molar refractivity (Wildman–Crippen MR) is 95.8 cm³/mol. The number of amidine groups is 1.